The van der Waals surface area contributed by atoms with Crippen molar-refractivity contribution in [3.63, 3.8) is 0 Å². The summed E-state index contributed by atoms with van der Waals surface area (Å²) in [6, 6.07) is 0. The molecule has 516 valence electrons. The van der Waals surface area contributed by atoms with Crippen LogP contribution >= 0.6 is 0 Å². The zero-order valence-corrected chi connectivity index (χ0v) is 53.4. The smallest absolute Gasteiger partial charge is 0.407 e. The predicted octanol–water partition coefficient (Wildman–Crippen LogP) is 5.81. The Balaban J connectivity index is 1.26. The predicted molar refractivity (Wildman–Crippen MR) is 306 cm³/mol. The van der Waals surface area contributed by atoms with Crippen molar-refractivity contribution in [3.05, 3.63) is 24.3 Å². The molecule has 2 fully saturated rings. The molecule has 0 saturated heterocycles. The largest absolute Gasteiger partial charge is 0.462 e. The number of alkyl carbamates (subject to hydrolysis) is 2. The van der Waals surface area contributed by atoms with Crippen LogP contribution in [0.2, 0.25) is 0 Å². The minimum atomic E-state index is -0.596. The van der Waals surface area contributed by atoms with Gasteiger partial charge in [0.1, 0.15) is 145 Å². The van der Waals surface area contributed by atoms with Crippen molar-refractivity contribution >= 4 is 36.1 Å². The van der Waals surface area contributed by atoms with Gasteiger partial charge in [0.15, 0.2) is 0 Å². The number of carbonyl (C=O) groups excluding carboxylic acids is 6. The van der Waals surface area contributed by atoms with Gasteiger partial charge in [0, 0.05) is 37.1 Å². The van der Waals surface area contributed by atoms with Crippen molar-refractivity contribution in [2.75, 3.05) is 172 Å². The summed E-state index contributed by atoms with van der Waals surface area (Å²) >= 11 is 0. The quantitative estimate of drug-likeness (QED) is 0.0181. The molecule has 0 aliphatic heterocycles. The molecule has 0 aromatic heterocycles. The first-order chi connectivity index (χ1) is 42.5. The Hall–Kier alpha value is -4.78. The summed E-state index contributed by atoms with van der Waals surface area (Å²) in [5, 5.41) is 5.67. The fraction of sp³-hybridized carbons (Fsp3) is 0.828. The Morgan fingerprint density at radius 2 is 0.573 bits per heavy atom. The zero-order valence-electron chi connectivity index (χ0n) is 53.4. The Labute approximate surface area is 521 Å². The molecule has 0 radical (unpaired) electrons. The summed E-state index contributed by atoms with van der Waals surface area (Å²) in [4.78, 5) is 152. The molecule has 2 aliphatic rings. The fourth-order valence-electron chi connectivity index (χ4n) is 10.3. The molecule has 2 N–H and O–H groups in total. The van der Waals surface area contributed by atoms with Gasteiger partial charge < -0.3 is 43.8 Å². The third kappa shape index (κ3) is 44.4. The van der Waals surface area contributed by atoms with Crippen LogP contribution in [0.5, 0.6) is 0 Å². The number of hydrogen-bond acceptors (Lipinski definition) is 29. The van der Waals surface area contributed by atoms with Crippen molar-refractivity contribution < 1.29 is 140 Å². The van der Waals surface area contributed by atoms with E-state index in [0.717, 1.165) is 32.1 Å². The van der Waals surface area contributed by atoms with Gasteiger partial charge in [-0.2, -0.15) is 0 Å². The van der Waals surface area contributed by atoms with Crippen LogP contribution < -0.4 is 10.6 Å². The minimum Gasteiger partial charge on any atom is -0.462 e. The molecule has 0 spiro atoms. The molecule has 2 aliphatic carbocycles. The van der Waals surface area contributed by atoms with Crippen LogP contribution in [-0.4, -0.2) is 208 Å². The van der Waals surface area contributed by atoms with Gasteiger partial charge in [0.2, 0.25) is 0 Å². The van der Waals surface area contributed by atoms with E-state index in [4.69, 9.17) is 111 Å². The van der Waals surface area contributed by atoms with Crippen LogP contribution in [0, 0.1) is 33.5 Å². The van der Waals surface area contributed by atoms with Crippen molar-refractivity contribution in [2.24, 2.45) is 33.5 Å². The van der Waals surface area contributed by atoms with Crippen LogP contribution in [0.3, 0.4) is 0 Å². The summed E-state index contributed by atoms with van der Waals surface area (Å²) in [5.41, 5.74) is -0.0858. The first-order valence-electron chi connectivity index (χ1n) is 29.8. The Morgan fingerprint density at radius 1 is 0.337 bits per heavy atom. The van der Waals surface area contributed by atoms with Gasteiger partial charge in [0.25, 0.3) is 0 Å². The first-order valence-corrected chi connectivity index (χ1v) is 29.8. The van der Waals surface area contributed by atoms with E-state index in [1.807, 2.05) is 0 Å². The van der Waals surface area contributed by atoms with E-state index >= 15 is 0 Å². The summed E-state index contributed by atoms with van der Waals surface area (Å²) in [5.74, 6) is -1.65. The monoisotopic (exact) mass is 1290 g/mol. The second-order valence-electron chi connectivity index (χ2n) is 23.3. The summed E-state index contributed by atoms with van der Waals surface area (Å²) in [6.07, 6.45) is 4.11. The highest BCUT2D eigenvalue weighted by molar-refractivity contribution is 5.87. The molecule has 0 bridgehead atoms. The second kappa shape index (κ2) is 48.0. The lowest BCUT2D eigenvalue weighted by Gasteiger charge is -2.46. The molecular formula is C58H100N2O29. The molecule has 89 heavy (non-hydrogen) atoms. The van der Waals surface area contributed by atoms with Crippen molar-refractivity contribution in [1.29, 1.82) is 0 Å². The number of amides is 2. The Bertz CT molecular complexity index is 1860. The SMILES string of the molecule is C=C(C)C(=O)OCCOC(=O)CC1CC(C)(C)CC(C)(CNC(=O)OCCOCCOOCCOOCCOOCCOOCCOOCCOOCCOOCCOOCCOC(=O)NCC2(C)CC(CC(=O)OCCOC(=O)C(=C)C)CC(C)(C)C2)C1. The Kier molecular flexibility index (Phi) is 43.3. The number of esters is 4. The molecule has 2 saturated carbocycles. The maximum absolute atomic E-state index is 12.5. The van der Waals surface area contributed by atoms with Crippen molar-refractivity contribution in [1.82, 2.24) is 10.6 Å². The molecule has 4 atom stereocenters. The Morgan fingerprint density at radius 3 is 0.865 bits per heavy atom. The second-order valence-corrected chi connectivity index (χ2v) is 23.3. The van der Waals surface area contributed by atoms with E-state index in [9.17, 15) is 28.8 Å². The van der Waals surface area contributed by atoms with E-state index in [0.29, 0.717) is 19.5 Å². The normalized spacial score (nSPS) is 19.4. The van der Waals surface area contributed by atoms with E-state index in [1.165, 1.54) is 0 Å². The van der Waals surface area contributed by atoms with Crippen LogP contribution in [0.25, 0.3) is 0 Å². The number of ether oxygens (including phenoxy) is 7. The van der Waals surface area contributed by atoms with Crippen LogP contribution in [0.4, 0.5) is 9.59 Å². The third-order valence-electron chi connectivity index (χ3n) is 12.7. The van der Waals surface area contributed by atoms with Crippen molar-refractivity contribution in [2.45, 2.75) is 107 Å². The van der Waals surface area contributed by atoms with Gasteiger partial charge in [-0.1, -0.05) is 54.7 Å². The fourth-order valence-corrected chi connectivity index (χ4v) is 10.3. The summed E-state index contributed by atoms with van der Waals surface area (Å²) in [7, 11) is 0. The van der Waals surface area contributed by atoms with Gasteiger partial charge in [-0.05, 0) is 85.9 Å². The highest BCUT2D eigenvalue weighted by Crippen LogP contribution is 2.50. The molecule has 0 aromatic carbocycles. The van der Waals surface area contributed by atoms with E-state index in [2.05, 4.69) is 65.3 Å². The van der Waals surface area contributed by atoms with Gasteiger partial charge in [-0.15, -0.1) is 0 Å². The van der Waals surface area contributed by atoms with Gasteiger partial charge in [-0.3, -0.25) is 9.59 Å². The molecule has 4 unspecified atom stereocenters. The standard InChI is InChI=1S/C58H100N2O29/c1-45(2)51(63)70-16-14-68-49(61)35-47-37-55(5,6)41-57(9,39-47)43-59-53(65)72-13-11-67-12-19-74-76-21-23-78-80-25-27-82-84-29-31-86-88-33-34-89-87-32-30-85-83-28-26-81-79-24-22-77-75-20-18-73-54(66)60-44-58(10)40-48(38-56(7,8)42-58)36-50(62)69-15-17-71-52(64)46(3)4/h47-48H,1,3,11-44H2,2,4-10H3,(H,59,65)(H,60,66). The first kappa shape index (κ1) is 80.3. The number of carbonyl (C=O) groups is 6. The number of nitrogens with one attached hydrogen (secondary N) is 2. The number of hydrogen-bond donors (Lipinski definition) is 2. The topological polar surface area (TPSA) is 339 Å². The average molecular weight is 1290 g/mol. The maximum atomic E-state index is 12.5. The van der Waals surface area contributed by atoms with Crippen LogP contribution in [0.15, 0.2) is 24.3 Å². The van der Waals surface area contributed by atoms with E-state index in [1.54, 1.807) is 13.8 Å². The number of rotatable bonds is 54. The molecule has 2 rings (SSSR count). The lowest BCUT2D eigenvalue weighted by atomic mass is 9.60. The molecule has 0 heterocycles. The maximum Gasteiger partial charge on any atom is 0.407 e. The molecule has 31 heteroatoms. The summed E-state index contributed by atoms with van der Waals surface area (Å²) in [6.45, 7) is 25.0. The van der Waals surface area contributed by atoms with E-state index < -0.39 is 24.1 Å². The molecule has 31 nitrogen and oxygen atoms in total. The van der Waals surface area contributed by atoms with Crippen LogP contribution in [0.1, 0.15) is 107 Å². The molecular weight excluding hydrogens is 1190 g/mol. The average Bonchev–Trinajstić information content (AvgIpc) is 2.44. The third-order valence-corrected chi connectivity index (χ3v) is 12.7. The van der Waals surface area contributed by atoms with Crippen molar-refractivity contribution in [3.8, 4) is 0 Å². The van der Waals surface area contributed by atoms with E-state index in [-0.39, 0.29) is 228 Å². The highest BCUT2D eigenvalue weighted by Gasteiger charge is 2.43. The minimum absolute atomic E-state index is 0.00828. The molecule has 0 aromatic rings. The molecule has 2 amide bonds. The summed E-state index contributed by atoms with van der Waals surface area (Å²) < 4.78 is 36.3. The van der Waals surface area contributed by atoms with Gasteiger partial charge in [-0.25, -0.2) is 97.4 Å². The highest BCUT2D eigenvalue weighted by atomic mass is 17.3. The van der Waals surface area contributed by atoms with Crippen LogP contribution in [-0.2, 0) is 131 Å². The lowest BCUT2D eigenvalue weighted by molar-refractivity contribution is -0.378. The van der Waals surface area contributed by atoms with Gasteiger partial charge in [0.05, 0.1) is 13.2 Å². The zero-order chi connectivity index (χ0) is 65.5. The van der Waals surface area contributed by atoms with Gasteiger partial charge >= 0.3 is 36.1 Å². The lowest BCUT2D eigenvalue weighted by Crippen LogP contribution is -2.44.